The summed E-state index contributed by atoms with van der Waals surface area (Å²) in [4.78, 5) is 2.27. The second-order valence-corrected chi connectivity index (χ2v) is 4.79. The molecule has 0 aliphatic heterocycles. The summed E-state index contributed by atoms with van der Waals surface area (Å²) in [5.74, 6) is 0. The monoisotopic (exact) mass is 231 g/mol. The van der Waals surface area contributed by atoms with Crippen molar-refractivity contribution in [1.82, 2.24) is 4.90 Å². The molecule has 0 N–H and O–H groups in total. The Morgan fingerprint density at radius 1 is 1.47 bits per heavy atom. The predicted molar refractivity (Wildman–Crippen MR) is 76.9 cm³/mol. The van der Waals surface area contributed by atoms with Crippen LogP contribution in [0.1, 0.15) is 39.5 Å². The molecule has 0 saturated heterocycles. The molecule has 0 bridgehead atoms. The van der Waals surface area contributed by atoms with Crippen LogP contribution in [0.4, 0.5) is 0 Å². The Morgan fingerprint density at radius 2 is 2.24 bits per heavy atom. The Bertz CT molecular complexity index is 345. The van der Waals surface area contributed by atoms with Crippen molar-refractivity contribution in [3.8, 4) is 0 Å². The van der Waals surface area contributed by atoms with Gasteiger partial charge < -0.3 is 4.90 Å². The van der Waals surface area contributed by atoms with Crippen molar-refractivity contribution in [3.63, 3.8) is 0 Å². The first-order valence-corrected chi connectivity index (χ1v) is 6.56. The van der Waals surface area contributed by atoms with Gasteiger partial charge in [-0.1, -0.05) is 49.0 Å². The first-order valence-electron chi connectivity index (χ1n) is 6.56. The summed E-state index contributed by atoms with van der Waals surface area (Å²) in [6.07, 6.45) is 13.4. The van der Waals surface area contributed by atoms with Crippen LogP contribution < -0.4 is 0 Å². The van der Waals surface area contributed by atoms with E-state index in [4.69, 9.17) is 0 Å². The molecule has 0 aromatic heterocycles. The van der Waals surface area contributed by atoms with E-state index in [1.165, 1.54) is 23.3 Å². The van der Waals surface area contributed by atoms with Crippen LogP contribution >= 0.6 is 0 Å². The molecule has 0 aromatic carbocycles. The lowest BCUT2D eigenvalue weighted by Crippen LogP contribution is -2.17. The Labute approximate surface area is 106 Å². The quantitative estimate of drug-likeness (QED) is 0.652. The Kier molecular flexibility index (Phi) is 5.82. The highest BCUT2D eigenvalue weighted by Gasteiger charge is 2.03. The normalized spacial score (nSPS) is 15.0. The second kappa shape index (κ2) is 7.16. The zero-order chi connectivity index (χ0) is 12.7. The number of nitrogens with zero attached hydrogens (tertiary/aromatic N) is 1. The van der Waals surface area contributed by atoms with Gasteiger partial charge in [-0.3, -0.25) is 0 Å². The van der Waals surface area contributed by atoms with Gasteiger partial charge in [0.1, 0.15) is 0 Å². The number of hydrogen-bond acceptors (Lipinski definition) is 1. The van der Waals surface area contributed by atoms with Gasteiger partial charge in [-0.05, 0) is 32.6 Å². The zero-order valence-electron chi connectivity index (χ0n) is 11.5. The largest absolute Gasteiger partial charge is 0.378 e. The van der Waals surface area contributed by atoms with E-state index in [0.717, 1.165) is 25.8 Å². The van der Waals surface area contributed by atoms with Gasteiger partial charge in [-0.25, -0.2) is 0 Å². The molecule has 17 heavy (non-hydrogen) atoms. The van der Waals surface area contributed by atoms with E-state index >= 15 is 0 Å². The van der Waals surface area contributed by atoms with Crippen LogP contribution in [-0.4, -0.2) is 18.5 Å². The molecule has 94 valence electrons. The molecule has 0 radical (unpaired) electrons. The van der Waals surface area contributed by atoms with Crippen molar-refractivity contribution >= 4 is 0 Å². The van der Waals surface area contributed by atoms with Gasteiger partial charge in [-0.15, -0.1) is 0 Å². The smallest absolute Gasteiger partial charge is 0.0168 e. The van der Waals surface area contributed by atoms with Crippen molar-refractivity contribution in [2.24, 2.45) is 0 Å². The van der Waals surface area contributed by atoms with Gasteiger partial charge in [0, 0.05) is 19.3 Å². The molecule has 0 heterocycles. The maximum Gasteiger partial charge on any atom is 0.0168 e. The fourth-order valence-corrected chi connectivity index (χ4v) is 2.02. The van der Waals surface area contributed by atoms with E-state index in [9.17, 15) is 0 Å². The third-order valence-corrected chi connectivity index (χ3v) is 3.11. The van der Waals surface area contributed by atoms with Crippen molar-refractivity contribution < 1.29 is 0 Å². The molecule has 0 atom stereocenters. The van der Waals surface area contributed by atoms with E-state index in [1.54, 1.807) is 0 Å². The Hall–Kier alpha value is -1.24. The van der Waals surface area contributed by atoms with E-state index in [1.807, 2.05) is 0 Å². The van der Waals surface area contributed by atoms with Crippen LogP contribution in [0.2, 0.25) is 0 Å². The first kappa shape index (κ1) is 13.8. The summed E-state index contributed by atoms with van der Waals surface area (Å²) in [7, 11) is 2.13. The van der Waals surface area contributed by atoms with E-state index < -0.39 is 0 Å². The van der Waals surface area contributed by atoms with Gasteiger partial charge in [-0.2, -0.15) is 0 Å². The highest BCUT2D eigenvalue weighted by atomic mass is 15.1. The summed E-state index contributed by atoms with van der Waals surface area (Å²) >= 11 is 0. The molecule has 1 rings (SSSR count). The highest BCUT2D eigenvalue weighted by Crippen LogP contribution is 2.18. The Morgan fingerprint density at radius 3 is 2.94 bits per heavy atom. The molecule has 0 spiro atoms. The Balaban J connectivity index is 2.43. The molecular formula is C16H25N. The van der Waals surface area contributed by atoms with Gasteiger partial charge in [0.05, 0.1) is 0 Å². The van der Waals surface area contributed by atoms with Crippen LogP contribution in [0.15, 0.2) is 47.7 Å². The molecule has 0 saturated carbocycles. The van der Waals surface area contributed by atoms with Crippen LogP contribution in [0.25, 0.3) is 0 Å². The maximum atomic E-state index is 4.16. The van der Waals surface area contributed by atoms with Crippen LogP contribution in [0.5, 0.6) is 0 Å². The minimum absolute atomic E-state index is 1.06. The minimum Gasteiger partial charge on any atom is -0.378 e. The molecule has 0 amide bonds. The SMILES string of the molecule is C=C(CCC1=CCC=CC(C)=C1)N(C)CCC. The molecule has 0 aromatic rings. The summed E-state index contributed by atoms with van der Waals surface area (Å²) in [6.45, 7) is 9.63. The number of hydrogen-bond donors (Lipinski definition) is 0. The highest BCUT2D eigenvalue weighted by molar-refractivity contribution is 5.32. The predicted octanol–water partition coefficient (Wildman–Crippen LogP) is 4.45. The average Bonchev–Trinajstić information content (AvgIpc) is 2.50. The maximum absolute atomic E-state index is 4.16. The van der Waals surface area contributed by atoms with Crippen molar-refractivity contribution in [2.45, 2.75) is 39.5 Å². The van der Waals surface area contributed by atoms with Gasteiger partial charge >= 0.3 is 0 Å². The average molecular weight is 231 g/mol. The fraction of sp³-hybridized carbons (Fsp3) is 0.500. The third-order valence-electron chi connectivity index (χ3n) is 3.11. The van der Waals surface area contributed by atoms with Crippen molar-refractivity contribution in [1.29, 1.82) is 0 Å². The fourth-order valence-electron chi connectivity index (χ4n) is 2.02. The molecule has 0 unspecified atom stereocenters. The molecule has 1 nitrogen and oxygen atoms in total. The van der Waals surface area contributed by atoms with Crippen LogP contribution in [0.3, 0.4) is 0 Å². The second-order valence-electron chi connectivity index (χ2n) is 4.79. The number of allylic oxidation sites excluding steroid dienone is 7. The lowest BCUT2D eigenvalue weighted by Gasteiger charge is -2.21. The summed E-state index contributed by atoms with van der Waals surface area (Å²) in [6, 6.07) is 0. The molecular weight excluding hydrogens is 206 g/mol. The van der Waals surface area contributed by atoms with Gasteiger partial charge in [0.2, 0.25) is 0 Å². The van der Waals surface area contributed by atoms with Crippen molar-refractivity contribution in [3.05, 3.63) is 47.7 Å². The van der Waals surface area contributed by atoms with E-state index in [-0.39, 0.29) is 0 Å². The van der Waals surface area contributed by atoms with E-state index in [2.05, 4.69) is 56.7 Å². The molecule has 1 aliphatic rings. The van der Waals surface area contributed by atoms with Crippen molar-refractivity contribution in [2.75, 3.05) is 13.6 Å². The first-order chi connectivity index (χ1) is 8.13. The molecule has 1 aliphatic carbocycles. The minimum atomic E-state index is 1.06. The molecule has 1 heteroatoms. The summed E-state index contributed by atoms with van der Waals surface area (Å²) < 4.78 is 0. The third kappa shape index (κ3) is 5.08. The zero-order valence-corrected chi connectivity index (χ0v) is 11.5. The topological polar surface area (TPSA) is 3.24 Å². The summed E-state index contributed by atoms with van der Waals surface area (Å²) in [5, 5.41) is 0. The molecule has 0 fully saturated rings. The number of rotatable bonds is 6. The van der Waals surface area contributed by atoms with E-state index in [0.29, 0.717) is 0 Å². The standard InChI is InChI=1S/C16H25N/c1-5-12-17(4)15(3)10-11-16-9-7-6-8-14(2)13-16/h6,8-9,13H,3,5,7,10-12H2,1-2,4H3. The lowest BCUT2D eigenvalue weighted by molar-refractivity contribution is 0.402. The summed E-state index contributed by atoms with van der Waals surface area (Å²) in [5.41, 5.74) is 4.04. The van der Waals surface area contributed by atoms with Crippen LogP contribution in [0, 0.1) is 0 Å². The lowest BCUT2D eigenvalue weighted by atomic mass is 10.1. The van der Waals surface area contributed by atoms with Gasteiger partial charge in [0.25, 0.3) is 0 Å². The van der Waals surface area contributed by atoms with Gasteiger partial charge in [0.15, 0.2) is 0 Å². The van der Waals surface area contributed by atoms with Crippen LogP contribution in [-0.2, 0) is 0 Å².